The van der Waals surface area contributed by atoms with Crippen molar-refractivity contribution >= 4 is 22.8 Å². The third-order valence-corrected chi connectivity index (χ3v) is 4.68. The normalized spacial score (nSPS) is 11.5. The van der Waals surface area contributed by atoms with Crippen molar-refractivity contribution in [1.82, 2.24) is 4.98 Å². The van der Waals surface area contributed by atoms with Gasteiger partial charge in [0.1, 0.15) is 11.3 Å². The van der Waals surface area contributed by atoms with Gasteiger partial charge in [-0.3, -0.25) is 4.99 Å². The first-order chi connectivity index (χ1) is 12.6. The van der Waals surface area contributed by atoms with Crippen LogP contribution in [0.3, 0.4) is 0 Å². The highest BCUT2D eigenvalue weighted by molar-refractivity contribution is 5.84. The minimum absolute atomic E-state index is 0.234. The van der Waals surface area contributed by atoms with E-state index in [4.69, 9.17) is 4.99 Å². The van der Waals surface area contributed by atoms with Crippen LogP contribution in [0, 0.1) is 6.92 Å². The average molecular weight is 346 g/mol. The molecule has 3 aromatic rings. The highest BCUT2D eigenvalue weighted by Crippen LogP contribution is 2.27. The molecule has 3 nitrogen and oxygen atoms in total. The molecule has 0 aliphatic heterocycles. The summed E-state index contributed by atoms with van der Waals surface area (Å²) >= 11 is 0. The Kier molecular flexibility index (Phi) is 5.67. The maximum absolute atomic E-state index is 9.96. The van der Waals surface area contributed by atoms with E-state index in [2.05, 4.69) is 37.9 Å². The summed E-state index contributed by atoms with van der Waals surface area (Å²) in [6.07, 6.45) is 5.62. The van der Waals surface area contributed by atoms with Gasteiger partial charge in [-0.25, -0.2) is 4.98 Å². The van der Waals surface area contributed by atoms with E-state index in [1.165, 1.54) is 16.7 Å². The fourth-order valence-corrected chi connectivity index (χ4v) is 3.32. The Morgan fingerprint density at radius 3 is 2.46 bits per heavy atom. The summed E-state index contributed by atoms with van der Waals surface area (Å²) in [5.74, 6) is 0.234. The zero-order valence-electron chi connectivity index (χ0n) is 15.8. The fraction of sp³-hybridized carbons (Fsp3) is 0.304. The summed E-state index contributed by atoms with van der Waals surface area (Å²) in [6, 6.07) is 14.0. The third kappa shape index (κ3) is 3.93. The zero-order chi connectivity index (χ0) is 18.5. The summed E-state index contributed by atoms with van der Waals surface area (Å²) < 4.78 is 0. The minimum atomic E-state index is 0.234. The first-order valence-corrected chi connectivity index (χ1v) is 9.35. The Morgan fingerprint density at radius 1 is 1.04 bits per heavy atom. The molecule has 0 amide bonds. The molecule has 2 aromatic carbocycles. The Bertz CT molecular complexity index is 919. The summed E-state index contributed by atoms with van der Waals surface area (Å²) in [4.78, 5) is 9.37. The van der Waals surface area contributed by atoms with E-state index in [0.29, 0.717) is 5.52 Å². The van der Waals surface area contributed by atoms with E-state index >= 15 is 0 Å². The number of hydrogen-bond acceptors (Lipinski definition) is 3. The van der Waals surface area contributed by atoms with Gasteiger partial charge in [0.2, 0.25) is 0 Å². The summed E-state index contributed by atoms with van der Waals surface area (Å²) in [7, 11) is 0. The van der Waals surface area contributed by atoms with Crippen LogP contribution in [-0.4, -0.2) is 16.3 Å². The van der Waals surface area contributed by atoms with Crippen LogP contribution >= 0.6 is 0 Å². The van der Waals surface area contributed by atoms with Crippen LogP contribution in [0.25, 0.3) is 10.9 Å². The first-order valence-electron chi connectivity index (χ1n) is 9.35. The first kappa shape index (κ1) is 18.1. The van der Waals surface area contributed by atoms with E-state index in [9.17, 15) is 5.11 Å². The van der Waals surface area contributed by atoms with Crippen molar-refractivity contribution in [2.24, 2.45) is 4.99 Å². The van der Waals surface area contributed by atoms with Gasteiger partial charge < -0.3 is 5.11 Å². The highest BCUT2D eigenvalue weighted by Gasteiger charge is 2.06. The van der Waals surface area contributed by atoms with Crippen molar-refractivity contribution in [1.29, 1.82) is 0 Å². The smallest absolute Gasteiger partial charge is 0.141 e. The standard InChI is InChI=1S/C23H26N2O/c1-4-17-14-16(3)15-18(5-2)22(17)24-13-7-9-20-12-11-19-8-6-10-21(26)23(19)25-20/h6,8,10-15,26H,4-5,7,9H2,1-3H3. The van der Waals surface area contributed by atoms with Crippen LogP contribution in [0.15, 0.2) is 47.5 Å². The number of hydrogen-bond donors (Lipinski definition) is 1. The van der Waals surface area contributed by atoms with E-state index in [1.807, 2.05) is 30.5 Å². The van der Waals surface area contributed by atoms with Gasteiger partial charge >= 0.3 is 0 Å². The number of phenols is 1. The van der Waals surface area contributed by atoms with E-state index in [1.54, 1.807) is 6.07 Å². The van der Waals surface area contributed by atoms with Crippen LogP contribution in [0.5, 0.6) is 5.75 Å². The number of pyridine rings is 1. The van der Waals surface area contributed by atoms with Gasteiger partial charge in [-0.1, -0.05) is 49.7 Å². The molecule has 0 atom stereocenters. The number of rotatable bonds is 6. The molecule has 0 spiro atoms. The van der Waals surface area contributed by atoms with Crippen molar-refractivity contribution in [2.75, 3.05) is 0 Å². The molecule has 0 aliphatic carbocycles. The Morgan fingerprint density at radius 2 is 1.77 bits per heavy atom. The second-order valence-electron chi connectivity index (χ2n) is 6.64. The second kappa shape index (κ2) is 8.13. The van der Waals surface area contributed by atoms with E-state index < -0.39 is 0 Å². The Labute approximate surface area is 155 Å². The molecule has 1 N–H and O–H groups in total. The van der Waals surface area contributed by atoms with Crippen LogP contribution in [0.4, 0.5) is 5.69 Å². The molecular formula is C23H26N2O. The van der Waals surface area contributed by atoms with Crippen molar-refractivity contribution < 1.29 is 5.11 Å². The van der Waals surface area contributed by atoms with Crippen LogP contribution < -0.4 is 0 Å². The van der Waals surface area contributed by atoms with Crippen LogP contribution in [-0.2, 0) is 19.3 Å². The number of fused-ring (bicyclic) bond motifs is 1. The summed E-state index contributed by atoms with van der Waals surface area (Å²) in [6.45, 7) is 6.50. The maximum Gasteiger partial charge on any atom is 0.141 e. The molecule has 0 aliphatic rings. The minimum Gasteiger partial charge on any atom is -0.506 e. The van der Waals surface area contributed by atoms with Gasteiger partial charge in [-0.2, -0.15) is 0 Å². The van der Waals surface area contributed by atoms with Gasteiger partial charge in [-0.15, -0.1) is 0 Å². The van der Waals surface area contributed by atoms with Crippen LogP contribution in [0.1, 0.15) is 42.7 Å². The lowest BCUT2D eigenvalue weighted by Crippen LogP contribution is -1.94. The fourth-order valence-electron chi connectivity index (χ4n) is 3.32. The molecule has 1 heterocycles. The lowest BCUT2D eigenvalue weighted by atomic mass is 10.00. The molecule has 134 valence electrons. The molecule has 0 bridgehead atoms. The number of aliphatic imine (C=N–C) groups is 1. The average Bonchev–Trinajstić information content (AvgIpc) is 2.66. The van der Waals surface area contributed by atoms with Gasteiger partial charge in [-0.05, 0) is 55.9 Å². The van der Waals surface area contributed by atoms with Gasteiger partial charge in [0.05, 0.1) is 5.69 Å². The predicted molar refractivity (Wildman–Crippen MR) is 110 cm³/mol. The topological polar surface area (TPSA) is 45.5 Å². The largest absolute Gasteiger partial charge is 0.506 e. The molecule has 26 heavy (non-hydrogen) atoms. The zero-order valence-corrected chi connectivity index (χ0v) is 15.8. The molecule has 0 unspecified atom stereocenters. The Hall–Kier alpha value is -2.68. The maximum atomic E-state index is 9.96. The SMILES string of the molecule is CCc1cc(C)cc(CC)c1N=CCCc1ccc2cccc(O)c2n1. The summed E-state index contributed by atoms with van der Waals surface area (Å²) in [5.41, 5.74) is 6.70. The molecule has 0 fully saturated rings. The lowest BCUT2D eigenvalue weighted by molar-refractivity contribution is 0.480. The number of aromatic nitrogens is 1. The number of benzene rings is 2. The molecule has 0 saturated heterocycles. The van der Waals surface area contributed by atoms with Gasteiger partial charge in [0, 0.05) is 17.3 Å². The molecule has 3 heteroatoms. The number of para-hydroxylation sites is 1. The Balaban J connectivity index is 1.75. The second-order valence-corrected chi connectivity index (χ2v) is 6.64. The van der Waals surface area contributed by atoms with E-state index in [-0.39, 0.29) is 5.75 Å². The van der Waals surface area contributed by atoms with Crippen molar-refractivity contribution in [3.05, 3.63) is 64.8 Å². The molecular weight excluding hydrogens is 320 g/mol. The van der Waals surface area contributed by atoms with Gasteiger partial charge in [0.25, 0.3) is 0 Å². The molecule has 0 saturated carbocycles. The predicted octanol–water partition coefficient (Wildman–Crippen LogP) is 5.71. The molecule has 1 aromatic heterocycles. The van der Waals surface area contributed by atoms with Crippen molar-refractivity contribution in [3.8, 4) is 5.75 Å². The quantitative estimate of drug-likeness (QED) is 0.581. The lowest BCUT2D eigenvalue weighted by Gasteiger charge is -2.10. The molecule has 0 radical (unpaired) electrons. The van der Waals surface area contributed by atoms with Gasteiger partial charge in [0.15, 0.2) is 0 Å². The number of nitrogens with zero attached hydrogens (tertiary/aromatic N) is 2. The third-order valence-electron chi connectivity index (χ3n) is 4.68. The van der Waals surface area contributed by atoms with Crippen molar-refractivity contribution in [3.63, 3.8) is 0 Å². The number of phenolic OH excluding ortho intramolecular Hbond substituents is 1. The summed E-state index contributed by atoms with van der Waals surface area (Å²) in [5, 5.41) is 10.9. The monoisotopic (exact) mass is 346 g/mol. The number of aryl methyl sites for hydroxylation is 4. The molecule has 3 rings (SSSR count). The number of aromatic hydroxyl groups is 1. The van der Waals surface area contributed by atoms with E-state index in [0.717, 1.165) is 42.5 Å². The highest BCUT2D eigenvalue weighted by atomic mass is 16.3. The van der Waals surface area contributed by atoms with Crippen LogP contribution in [0.2, 0.25) is 0 Å². The van der Waals surface area contributed by atoms with Crippen molar-refractivity contribution in [2.45, 2.75) is 46.5 Å².